The molecular weight excluding hydrogens is 381 g/mol. The fraction of sp³-hybridized carbons (Fsp3) is 0.312. The summed E-state index contributed by atoms with van der Waals surface area (Å²) in [5.41, 5.74) is 1.31. The van der Waals surface area contributed by atoms with Gasteiger partial charge in [-0.3, -0.25) is 9.78 Å². The summed E-state index contributed by atoms with van der Waals surface area (Å²) in [6.07, 6.45) is 1.54. The summed E-state index contributed by atoms with van der Waals surface area (Å²) in [4.78, 5) is 23.5. The van der Waals surface area contributed by atoms with Crippen molar-refractivity contribution in [2.75, 3.05) is 25.1 Å². The molecule has 1 aromatic carbocycles. The van der Waals surface area contributed by atoms with Gasteiger partial charge in [-0.25, -0.2) is 4.98 Å². The van der Waals surface area contributed by atoms with Crippen LogP contribution in [0.5, 0.6) is 0 Å². The Kier molecular flexibility index (Phi) is 6.10. The van der Waals surface area contributed by atoms with Gasteiger partial charge in [0, 0.05) is 13.1 Å². The van der Waals surface area contributed by atoms with Gasteiger partial charge in [-0.05, 0) is 17.7 Å². The molecule has 3 N–H and O–H groups in total. The number of halogens is 2. The van der Waals surface area contributed by atoms with Crippen LogP contribution in [0.1, 0.15) is 5.56 Å². The molecule has 0 saturated heterocycles. The zero-order valence-corrected chi connectivity index (χ0v) is 15.2. The van der Waals surface area contributed by atoms with Gasteiger partial charge in [0.05, 0.1) is 36.2 Å². The zero-order chi connectivity index (χ0) is 18.5. The van der Waals surface area contributed by atoms with Gasteiger partial charge in [-0.1, -0.05) is 29.3 Å². The summed E-state index contributed by atoms with van der Waals surface area (Å²) >= 11 is 11.9. The monoisotopic (exact) mass is 397 g/mol. The van der Waals surface area contributed by atoms with Gasteiger partial charge in [0.1, 0.15) is 0 Å². The van der Waals surface area contributed by atoms with Crippen LogP contribution < -0.4 is 10.9 Å². The molecule has 0 radical (unpaired) electrons. The molecule has 8 nitrogen and oxygen atoms in total. The number of rotatable bonds is 8. The second kappa shape index (κ2) is 8.50. The van der Waals surface area contributed by atoms with E-state index in [1.807, 2.05) is 6.07 Å². The highest BCUT2D eigenvalue weighted by molar-refractivity contribution is 6.42. The van der Waals surface area contributed by atoms with E-state index in [1.54, 1.807) is 16.7 Å². The lowest BCUT2D eigenvalue weighted by atomic mass is 10.2. The number of ether oxygens (including phenoxy) is 1. The summed E-state index contributed by atoms with van der Waals surface area (Å²) in [6.45, 7) is 1.44. The van der Waals surface area contributed by atoms with Crippen LogP contribution in [0.25, 0.3) is 11.2 Å². The molecule has 3 rings (SSSR count). The lowest BCUT2D eigenvalue weighted by Gasteiger charge is -2.07. The average Bonchev–Trinajstić information content (AvgIpc) is 3.03. The third-order valence-electron chi connectivity index (χ3n) is 3.64. The maximum absolute atomic E-state index is 12.4. The Morgan fingerprint density at radius 2 is 2.12 bits per heavy atom. The maximum atomic E-state index is 12.4. The van der Waals surface area contributed by atoms with Gasteiger partial charge >= 0.3 is 0 Å². The van der Waals surface area contributed by atoms with Gasteiger partial charge in [0.25, 0.3) is 5.56 Å². The van der Waals surface area contributed by atoms with Crippen molar-refractivity contribution in [3.05, 3.63) is 50.5 Å². The van der Waals surface area contributed by atoms with Crippen LogP contribution in [0.15, 0.2) is 29.3 Å². The first-order valence-corrected chi connectivity index (χ1v) is 8.65. The number of imidazole rings is 1. The molecule has 0 aliphatic heterocycles. The highest BCUT2D eigenvalue weighted by Crippen LogP contribution is 2.22. The van der Waals surface area contributed by atoms with Gasteiger partial charge in [-0.2, -0.15) is 4.98 Å². The maximum Gasteiger partial charge on any atom is 0.278 e. The molecule has 26 heavy (non-hydrogen) atoms. The molecule has 3 aromatic rings. The molecule has 0 aliphatic rings. The minimum absolute atomic E-state index is 0.0410. The molecular formula is C16H17Cl2N5O3. The highest BCUT2D eigenvalue weighted by atomic mass is 35.5. The van der Waals surface area contributed by atoms with Gasteiger partial charge in [0.2, 0.25) is 5.95 Å². The third-order valence-corrected chi connectivity index (χ3v) is 4.38. The van der Waals surface area contributed by atoms with Gasteiger partial charge < -0.3 is 19.7 Å². The first kappa shape index (κ1) is 18.7. The predicted octanol–water partition coefficient (Wildman–Crippen LogP) is 2.05. The first-order chi connectivity index (χ1) is 12.6. The van der Waals surface area contributed by atoms with Crippen molar-refractivity contribution in [2.24, 2.45) is 0 Å². The lowest BCUT2D eigenvalue weighted by molar-refractivity contribution is 0.0874. The largest absolute Gasteiger partial charge is 0.394 e. The Labute approximate surface area is 158 Å². The number of fused-ring (bicyclic) bond motifs is 1. The van der Waals surface area contributed by atoms with E-state index in [-0.39, 0.29) is 18.8 Å². The van der Waals surface area contributed by atoms with Crippen LogP contribution in [0.4, 0.5) is 5.95 Å². The number of nitrogens with one attached hydrogen (secondary N) is 2. The van der Waals surface area contributed by atoms with E-state index in [2.05, 4.69) is 20.3 Å². The van der Waals surface area contributed by atoms with E-state index in [1.165, 1.54) is 6.33 Å². The highest BCUT2D eigenvalue weighted by Gasteiger charge is 2.10. The minimum atomic E-state index is -0.300. The van der Waals surface area contributed by atoms with Crippen molar-refractivity contribution in [1.29, 1.82) is 0 Å². The molecule has 2 heterocycles. The minimum Gasteiger partial charge on any atom is -0.394 e. The third kappa shape index (κ3) is 4.34. The second-order valence-electron chi connectivity index (χ2n) is 5.46. The Morgan fingerprint density at radius 3 is 2.88 bits per heavy atom. The molecule has 2 aromatic heterocycles. The normalized spacial score (nSPS) is 11.2. The van der Waals surface area contributed by atoms with Crippen molar-refractivity contribution >= 4 is 40.3 Å². The van der Waals surface area contributed by atoms with Crippen molar-refractivity contribution in [2.45, 2.75) is 13.1 Å². The van der Waals surface area contributed by atoms with E-state index in [9.17, 15) is 4.79 Å². The molecule has 0 aliphatic carbocycles. The van der Waals surface area contributed by atoms with Crippen molar-refractivity contribution in [3.63, 3.8) is 0 Å². The van der Waals surface area contributed by atoms with E-state index in [0.717, 1.165) is 5.56 Å². The Morgan fingerprint density at radius 1 is 1.27 bits per heavy atom. The fourth-order valence-electron chi connectivity index (χ4n) is 2.40. The summed E-state index contributed by atoms with van der Waals surface area (Å²) in [6, 6.07) is 5.29. The fourth-order valence-corrected chi connectivity index (χ4v) is 2.72. The Hall–Kier alpha value is -2.13. The Bertz CT molecular complexity index is 957. The first-order valence-electron chi connectivity index (χ1n) is 7.90. The smallest absolute Gasteiger partial charge is 0.278 e. The molecule has 0 spiro atoms. The summed E-state index contributed by atoms with van der Waals surface area (Å²) in [5.74, 6) is 0.315. The number of aromatic nitrogens is 4. The van der Waals surface area contributed by atoms with Crippen LogP contribution in [-0.2, 0) is 17.8 Å². The second-order valence-corrected chi connectivity index (χ2v) is 6.28. The number of H-pyrrole nitrogens is 1. The van der Waals surface area contributed by atoms with Crippen molar-refractivity contribution < 1.29 is 9.84 Å². The molecule has 0 atom stereocenters. The van der Waals surface area contributed by atoms with Crippen LogP contribution in [0.2, 0.25) is 10.0 Å². The molecule has 0 fully saturated rings. The number of hydrogen-bond donors (Lipinski definition) is 3. The molecule has 0 unspecified atom stereocenters. The number of hydrogen-bond acceptors (Lipinski definition) is 6. The summed E-state index contributed by atoms with van der Waals surface area (Å²) in [7, 11) is 0. The average molecular weight is 398 g/mol. The Balaban J connectivity index is 1.72. The van der Waals surface area contributed by atoms with E-state index in [4.69, 9.17) is 33.0 Å². The van der Waals surface area contributed by atoms with Crippen molar-refractivity contribution in [1.82, 2.24) is 19.5 Å². The number of aliphatic hydroxyl groups is 1. The number of aliphatic hydroxyl groups excluding tert-OH is 1. The summed E-state index contributed by atoms with van der Waals surface area (Å²) in [5, 5.41) is 12.7. The van der Waals surface area contributed by atoms with Crippen molar-refractivity contribution in [3.8, 4) is 0 Å². The molecule has 0 saturated carbocycles. The number of anilines is 1. The van der Waals surface area contributed by atoms with Crippen LogP contribution >= 0.6 is 23.2 Å². The number of nitrogens with zero attached hydrogens (tertiary/aromatic N) is 3. The lowest BCUT2D eigenvalue weighted by Crippen LogP contribution is -2.17. The van der Waals surface area contributed by atoms with Gasteiger partial charge in [-0.15, -0.1) is 0 Å². The topological polar surface area (TPSA) is 105 Å². The van der Waals surface area contributed by atoms with Crippen LogP contribution in [0, 0.1) is 0 Å². The standard InChI is InChI=1S/C16H17Cl2N5O3/c17-11-2-1-10(7-12(11)18)8-19-16-21-14-13(15(25)22-16)23(9-20-14)3-5-26-6-4-24/h1-2,7,9,24H,3-6,8H2,(H2,19,21,22,25). The van der Waals surface area contributed by atoms with E-state index >= 15 is 0 Å². The SMILES string of the molecule is O=c1[nH]c(NCc2ccc(Cl)c(Cl)c2)nc2ncn(CCOCCO)c12. The molecule has 138 valence electrons. The molecule has 10 heteroatoms. The number of aromatic amines is 1. The molecule has 0 amide bonds. The quantitative estimate of drug-likeness (QED) is 0.502. The summed E-state index contributed by atoms with van der Waals surface area (Å²) < 4.78 is 6.88. The zero-order valence-electron chi connectivity index (χ0n) is 13.7. The predicted molar refractivity (Wildman–Crippen MR) is 99.8 cm³/mol. The van der Waals surface area contributed by atoms with Crippen LogP contribution in [-0.4, -0.2) is 44.4 Å². The van der Waals surface area contributed by atoms with E-state index < -0.39 is 0 Å². The molecule has 0 bridgehead atoms. The van der Waals surface area contributed by atoms with Gasteiger partial charge in [0.15, 0.2) is 11.2 Å². The van der Waals surface area contributed by atoms with Crippen LogP contribution in [0.3, 0.4) is 0 Å². The van der Waals surface area contributed by atoms with E-state index in [0.29, 0.717) is 46.9 Å². The number of benzene rings is 1.